The van der Waals surface area contributed by atoms with E-state index in [1.807, 2.05) is 56.3 Å². The van der Waals surface area contributed by atoms with Gasteiger partial charge in [-0.3, -0.25) is 9.59 Å². The molecule has 2 aromatic carbocycles. The second kappa shape index (κ2) is 6.69. The first-order valence-electron chi connectivity index (χ1n) is 7.90. The van der Waals surface area contributed by atoms with Crippen LogP contribution in [0.5, 0.6) is 0 Å². The summed E-state index contributed by atoms with van der Waals surface area (Å²) in [4.78, 5) is 26.0. The number of para-hydroxylation sites is 1. The van der Waals surface area contributed by atoms with E-state index in [1.165, 1.54) is 11.8 Å². The third-order valence-corrected chi connectivity index (χ3v) is 5.65. The number of hydrogen-bond donors (Lipinski definition) is 2. The van der Waals surface area contributed by atoms with Gasteiger partial charge in [-0.2, -0.15) is 0 Å². The van der Waals surface area contributed by atoms with Gasteiger partial charge in [-0.15, -0.1) is 11.8 Å². The van der Waals surface area contributed by atoms with Gasteiger partial charge in [0.25, 0.3) is 0 Å². The van der Waals surface area contributed by atoms with Gasteiger partial charge in [0.2, 0.25) is 11.8 Å². The fraction of sp³-hybridized carbons (Fsp3) is 0.263. The number of nitrogens with one attached hydrogen (secondary N) is 2. The lowest BCUT2D eigenvalue weighted by atomic mass is 10.0. The lowest BCUT2D eigenvalue weighted by Gasteiger charge is -2.27. The Bertz CT molecular complexity index is 804. The smallest absolute Gasteiger partial charge is 0.238 e. The van der Waals surface area contributed by atoms with Gasteiger partial charge in [0.15, 0.2) is 0 Å². The van der Waals surface area contributed by atoms with Crippen molar-refractivity contribution < 1.29 is 9.59 Å². The first-order valence-corrected chi connectivity index (χ1v) is 8.78. The molecule has 0 saturated heterocycles. The summed E-state index contributed by atoms with van der Waals surface area (Å²) < 4.78 is 0. The molecule has 0 aliphatic carbocycles. The minimum absolute atomic E-state index is 0.123. The first kappa shape index (κ1) is 16.6. The molecule has 0 spiro atoms. The third kappa shape index (κ3) is 3.31. The molecule has 0 radical (unpaired) electrons. The zero-order valence-corrected chi connectivity index (χ0v) is 14.7. The van der Waals surface area contributed by atoms with Crippen LogP contribution in [0.1, 0.15) is 18.1 Å². The quantitative estimate of drug-likeness (QED) is 0.888. The maximum atomic E-state index is 12.6. The van der Waals surface area contributed by atoms with Crippen molar-refractivity contribution in [2.75, 3.05) is 10.6 Å². The third-order valence-electron chi connectivity index (χ3n) is 4.16. The van der Waals surface area contributed by atoms with Gasteiger partial charge < -0.3 is 10.6 Å². The van der Waals surface area contributed by atoms with E-state index >= 15 is 0 Å². The highest BCUT2D eigenvalue weighted by atomic mass is 32.2. The van der Waals surface area contributed by atoms with Crippen LogP contribution in [0.3, 0.4) is 0 Å². The van der Waals surface area contributed by atoms with E-state index in [0.29, 0.717) is 0 Å². The van der Waals surface area contributed by atoms with Gasteiger partial charge in [-0.25, -0.2) is 0 Å². The molecular formula is C19H20N2O2S. The van der Waals surface area contributed by atoms with Gasteiger partial charge >= 0.3 is 0 Å². The molecule has 0 saturated carbocycles. The molecule has 24 heavy (non-hydrogen) atoms. The van der Waals surface area contributed by atoms with Crippen LogP contribution >= 0.6 is 11.8 Å². The molecule has 2 aromatic rings. The van der Waals surface area contributed by atoms with Crippen LogP contribution in [0.15, 0.2) is 47.4 Å². The van der Waals surface area contributed by atoms with E-state index in [9.17, 15) is 9.59 Å². The van der Waals surface area contributed by atoms with E-state index < -0.39 is 11.2 Å². The summed E-state index contributed by atoms with van der Waals surface area (Å²) in [5.41, 5.74) is 3.77. The van der Waals surface area contributed by atoms with Gasteiger partial charge in [0.1, 0.15) is 0 Å². The molecule has 2 N–H and O–H groups in total. The molecule has 1 aliphatic heterocycles. The number of rotatable bonds is 3. The maximum absolute atomic E-state index is 12.6. The topological polar surface area (TPSA) is 58.2 Å². The Balaban J connectivity index is 1.75. The summed E-state index contributed by atoms with van der Waals surface area (Å²) >= 11 is 1.45. The number of hydrogen-bond acceptors (Lipinski definition) is 3. The maximum Gasteiger partial charge on any atom is 0.238 e. The highest BCUT2D eigenvalue weighted by Gasteiger charge is 2.35. The van der Waals surface area contributed by atoms with Gasteiger partial charge in [-0.1, -0.05) is 36.8 Å². The predicted molar refractivity (Wildman–Crippen MR) is 98.4 cm³/mol. The number of carbonyl (C=O) groups excluding carboxylic acids is 2. The molecule has 0 fully saturated rings. The molecule has 2 unspecified atom stereocenters. The highest BCUT2D eigenvalue weighted by molar-refractivity contribution is 8.01. The largest absolute Gasteiger partial charge is 0.326 e. The zero-order valence-electron chi connectivity index (χ0n) is 13.9. The van der Waals surface area contributed by atoms with Crippen LogP contribution in [0, 0.1) is 19.8 Å². The average molecular weight is 340 g/mol. The summed E-state index contributed by atoms with van der Waals surface area (Å²) in [6.07, 6.45) is 0. The molecule has 3 rings (SSSR count). The van der Waals surface area contributed by atoms with Crippen LogP contribution in [0.2, 0.25) is 0 Å². The summed E-state index contributed by atoms with van der Waals surface area (Å²) in [5, 5.41) is 5.40. The van der Waals surface area contributed by atoms with Crippen LogP contribution in [0.25, 0.3) is 0 Å². The van der Waals surface area contributed by atoms with Crippen molar-refractivity contribution >= 4 is 35.0 Å². The normalized spacial score (nSPS) is 17.6. The summed E-state index contributed by atoms with van der Waals surface area (Å²) in [6.45, 7) is 5.78. The van der Waals surface area contributed by atoms with Crippen molar-refractivity contribution in [2.45, 2.75) is 30.9 Å². The first-order chi connectivity index (χ1) is 11.5. The fourth-order valence-electron chi connectivity index (χ4n) is 2.73. The van der Waals surface area contributed by atoms with Crippen LogP contribution in [-0.2, 0) is 9.59 Å². The van der Waals surface area contributed by atoms with Crippen molar-refractivity contribution in [1.29, 1.82) is 0 Å². The summed E-state index contributed by atoms with van der Waals surface area (Å²) in [5.74, 6) is -0.708. The Labute approximate surface area is 146 Å². The molecule has 0 aromatic heterocycles. The lowest BCUT2D eigenvalue weighted by molar-refractivity contribution is -0.123. The Kier molecular flexibility index (Phi) is 4.62. The molecular weight excluding hydrogens is 320 g/mol. The number of aryl methyl sites for hydroxylation is 2. The Hall–Kier alpha value is -2.27. The van der Waals surface area contributed by atoms with Crippen molar-refractivity contribution in [2.24, 2.45) is 5.92 Å². The standard InChI is InChI=1S/C19H20N2O2S/c1-11-8-9-14(12(2)10-11)20-18(22)13(3)17-19(23)21-15-6-4-5-7-16(15)24-17/h4-10,13,17H,1-3H3,(H,20,22)(H,21,23). The Morgan fingerprint density at radius 2 is 1.96 bits per heavy atom. The predicted octanol–water partition coefficient (Wildman–Crippen LogP) is 3.99. The summed E-state index contributed by atoms with van der Waals surface area (Å²) in [6, 6.07) is 13.5. The second-order valence-electron chi connectivity index (χ2n) is 6.12. The minimum atomic E-state index is -0.441. The molecule has 124 valence electrons. The number of thioether (sulfide) groups is 1. The average Bonchev–Trinajstić information content (AvgIpc) is 2.56. The van der Waals surface area contributed by atoms with Crippen molar-refractivity contribution in [3.05, 3.63) is 53.6 Å². The molecule has 1 heterocycles. The van der Waals surface area contributed by atoms with Gasteiger partial charge in [0.05, 0.1) is 16.9 Å². The number of carbonyl (C=O) groups is 2. The molecule has 2 atom stereocenters. The van der Waals surface area contributed by atoms with Crippen molar-refractivity contribution in [3.63, 3.8) is 0 Å². The van der Waals surface area contributed by atoms with Crippen LogP contribution in [-0.4, -0.2) is 17.1 Å². The van der Waals surface area contributed by atoms with E-state index in [0.717, 1.165) is 27.4 Å². The number of amides is 2. The number of anilines is 2. The molecule has 5 heteroatoms. The Morgan fingerprint density at radius 3 is 2.71 bits per heavy atom. The second-order valence-corrected chi connectivity index (χ2v) is 7.30. The van der Waals surface area contributed by atoms with Crippen LogP contribution in [0.4, 0.5) is 11.4 Å². The SMILES string of the molecule is Cc1ccc(NC(=O)C(C)C2Sc3ccccc3NC2=O)c(C)c1. The van der Waals surface area contributed by atoms with E-state index in [4.69, 9.17) is 0 Å². The zero-order chi connectivity index (χ0) is 17.3. The van der Waals surface area contributed by atoms with E-state index in [-0.39, 0.29) is 11.8 Å². The highest BCUT2D eigenvalue weighted by Crippen LogP contribution is 2.38. The molecule has 2 amide bonds. The van der Waals surface area contributed by atoms with Gasteiger partial charge in [-0.05, 0) is 37.6 Å². The summed E-state index contributed by atoms with van der Waals surface area (Å²) in [7, 11) is 0. The van der Waals surface area contributed by atoms with Gasteiger partial charge in [0, 0.05) is 10.6 Å². The number of fused-ring (bicyclic) bond motifs is 1. The molecule has 4 nitrogen and oxygen atoms in total. The van der Waals surface area contributed by atoms with Crippen LogP contribution < -0.4 is 10.6 Å². The fourth-order valence-corrected chi connectivity index (χ4v) is 3.90. The molecule has 1 aliphatic rings. The lowest BCUT2D eigenvalue weighted by Crippen LogP contribution is -2.39. The van der Waals surface area contributed by atoms with Crippen molar-refractivity contribution in [1.82, 2.24) is 0 Å². The van der Waals surface area contributed by atoms with Crippen molar-refractivity contribution in [3.8, 4) is 0 Å². The van der Waals surface area contributed by atoms with E-state index in [2.05, 4.69) is 10.6 Å². The Morgan fingerprint density at radius 1 is 1.21 bits per heavy atom. The van der Waals surface area contributed by atoms with E-state index in [1.54, 1.807) is 6.92 Å². The molecule has 0 bridgehead atoms. The number of benzene rings is 2. The minimum Gasteiger partial charge on any atom is -0.326 e. The monoisotopic (exact) mass is 340 g/mol.